The Morgan fingerprint density at radius 1 is 0.857 bits per heavy atom. The summed E-state index contributed by atoms with van der Waals surface area (Å²) in [6.07, 6.45) is 4.34. The Hall–Kier alpha value is -3.08. The van der Waals surface area contributed by atoms with E-state index < -0.39 is 0 Å². The van der Waals surface area contributed by atoms with Crippen LogP contribution >= 0.6 is 12.4 Å². The summed E-state index contributed by atoms with van der Waals surface area (Å²) >= 11 is 0. The number of hydrogen-bond donors (Lipinski definition) is 0. The number of carbonyl (C=O) groups is 1. The molecule has 0 saturated carbocycles. The number of halogens is 1. The number of aryl methyl sites for hydroxylation is 1. The second kappa shape index (κ2) is 11.6. The molecule has 3 aromatic rings. The zero-order chi connectivity index (χ0) is 23.3. The molecule has 1 aliphatic carbocycles. The van der Waals surface area contributed by atoms with Crippen molar-refractivity contribution in [2.24, 2.45) is 0 Å². The Labute approximate surface area is 214 Å². The third kappa shape index (κ3) is 5.61. The number of allylic oxidation sites excluding steroid dienone is 2. The van der Waals surface area contributed by atoms with Crippen molar-refractivity contribution in [3.63, 3.8) is 0 Å². The van der Waals surface area contributed by atoms with Gasteiger partial charge in [-0.2, -0.15) is 0 Å². The van der Waals surface area contributed by atoms with Crippen molar-refractivity contribution < 1.29 is 14.3 Å². The third-order valence-electron chi connectivity index (χ3n) is 6.89. The molecule has 0 aromatic heterocycles. The van der Waals surface area contributed by atoms with Crippen molar-refractivity contribution >= 4 is 29.3 Å². The van der Waals surface area contributed by atoms with Crippen LogP contribution in [0.4, 0.5) is 0 Å². The number of methoxy groups -OCH3 is 1. The summed E-state index contributed by atoms with van der Waals surface area (Å²) in [5, 5.41) is 0. The summed E-state index contributed by atoms with van der Waals surface area (Å²) < 4.78 is 11.3. The Bertz CT molecular complexity index is 1180. The molecular formula is C30H32ClNO3. The van der Waals surface area contributed by atoms with E-state index in [1.54, 1.807) is 7.11 Å². The highest BCUT2D eigenvalue weighted by molar-refractivity contribution is 6.35. The van der Waals surface area contributed by atoms with Gasteiger partial charge in [-0.3, -0.25) is 9.69 Å². The maximum absolute atomic E-state index is 13.8. The number of carbonyl (C=O) groups excluding carboxylic acids is 1. The predicted octanol–water partition coefficient (Wildman–Crippen LogP) is 6.33. The highest BCUT2D eigenvalue weighted by Crippen LogP contribution is 2.39. The van der Waals surface area contributed by atoms with Gasteiger partial charge in [-0.1, -0.05) is 36.4 Å². The number of rotatable bonds is 8. The van der Waals surface area contributed by atoms with Crippen molar-refractivity contribution in [1.29, 1.82) is 0 Å². The molecule has 1 aliphatic heterocycles. The molecular weight excluding hydrogens is 458 g/mol. The van der Waals surface area contributed by atoms with Gasteiger partial charge < -0.3 is 9.47 Å². The van der Waals surface area contributed by atoms with Gasteiger partial charge in [0.2, 0.25) is 0 Å². The summed E-state index contributed by atoms with van der Waals surface area (Å²) in [5.41, 5.74) is 5.91. The maximum atomic E-state index is 13.8. The van der Waals surface area contributed by atoms with Gasteiger partial charge in [0.1, 0.15) is 18.1 Å². The Morgan fingerprint density at radius 3 is 2.26 bits per heavy atom. The fourth-order valence-corrected chi connectivity index (χ4v) is 5.02. The van der Waals surface area contributed by atoms with Gasteiger partial charge in [0.15, 0.2) is 5.78 Å². The average Bonchev–Trinajstić information content (AvgIpc) is 3.42. The molecule has 1 fully saturated rings. The summed E-state index contributed by atoms with van der Waals surface area (Å²) in [7, 11) is 1.67. The van der Waals surface area contributed by atoms with Crippen LogP contribution in [0, 0.1) is 0 Å². The minimum atomic E-state index is 0. The summed E-state index contributed by atoms with van der Waals surface area (Å²) in [6.45, 7) is 3.97. The molecule has 0 N–H and O–H groups in total. The van der Waals surface area contributed by atoms with E-state index in [9.17, 15) is 4.79 Å². The Balaban J connectivity index is 0.00000289. The number of fused-ring (bicyclic) bond motifs is 1. The van der Waals surface area contributed by atoms with Crippen LogP contribution in [0.15, 0.2) is 72.8 Å². The molecule has 3 aromatic carbocycles. The van der Waals surface area contributed by atoms with Gasteiger partial charge in [0, 0.05) is 17.7 Å². The zero-order valence-electron chi connectivity index (χ0n) is 20.2. The molecule has 1 saturated heterocycles. The van der Waals surface area contributed by atoms with E-state index in [4.69, 9.17) is 9.47 Å². The lowest BCUT2D eigenvalue weighted by Gasteiger charge is -2.23. The standard InChI is InChI=1S/C30H31NO3.ClH/c1-33-25-13-8-23(9-14-25)28-17-12-22-6-2-3-7-27(22)29(28)30(32)24-10-15-26(16-11-24)34-21-20-31-18-4-5-19-31;/h2-3,6-11,13-16H,4-5,12,17-21H2,1H3;1H. The highest BCUT2D eigenvalue weighted by Gasteiger charge is 2.26. The molecule has 0 bridgehead atoms. The van der Waals surface area contributed by atoms with E-state index >= 15 is 0 Å². The molecule has 5 heteroatoms. The van der Waals surface area contributed by atoms with Gasteiger partial charge in [-0.25, -0.2) is 0 Å². The van der Waals surface area contributed by atoms with E-state index in [2.05, 4.69) is 17.0 Å². The quantitative estimate of drug-likeness (QED) is 0.346. The maximum Gasteiger partial charge on any atom is 0.193 e. The van der Waals surface area contributed by atoms with Gasteiger partial charge in [0.05, 0.1) is 7.11 Å². The summed E-state index contributed by atoms with van der Waals surface area (Å²) in [4.78, 5) is 16.3. The molecule has 0 unspecified atom stereocenters. The Kier molecular flexibility index (Phi) is 8.27. The molecule has 0 radical (unpaired) electrons. The van der Waals surface area contributed by atoms with Crippen LogP contribution in [0.3, 0.4) is 0 Å². The van der Waals surface area contributed by atoms with Gasteiger partial charge in [0.25, 0.3) is 0 Å². The van der Waals surface area contributed by atoms with E-state index in [0.29, 0.717) is 12.2 Å². The summed E-state index contributed by atoms with van der Waals surface area (Å²) in [5.74, 6) is 1.68. The molecule has 35 heavy (non-hydrogen) atoms. The number of nitrogens with zero attached hydrogens (tertiary/aromatic N) is 1. The zero-order valence-corrected chi connectivity index (χ0v) is 21.0. The number of ether oxygens (including phenoxy) is 2. The third-order valence-corrected chi connectivity index (χ3v) is 6.89. The summed E-state index contributed by atoms with van der Waals surface area (Å²) in [6, 6.07) is 23.9. The number of benzene rings is 3. The van der Waals surface area contributed by atoms with E-state index in [1.807, 2.05) is 60.7 Å². The van der Waals surface area contributed by atoms with Crippen LogP contribution in [-0.4, -0.2) is 44.0 Å². The monoisotopic (exact) mass is 489 g/mol. The van der Waals surface area contributed by atoms with Crippen LogP contribution in [0.25, 0.3) is 11.1 Å². The molecule has 1 heterocycles. The van der Waals surface area contributed by atoms with E-state index in [1.165, 1.54) is 31.5 Å². The predicted molar refractivity (Wildman–Crippen MR) is 144 cm³/mol. The van der Waals surface area contributed by atoms with Crippen LogP contribution in [0.1, 0.15) is 46.3 Å². The van der Waals surface area contributed by atoms with Crippen molar-refractivity contribution in [3.05, 3.63) is 95.1 Å². The lowest BCUT2D eigenvalue weighted by Crippen LogP contribution is -2.25. The molecule has 0 spiro atoms. The van der Waals surface area contributed by atoms with Gasteiger partial charge in [-0.15, -0.1) is 12.4 Å². The second-order valence-corrected chi connectivity index (χ2v) is 8.99. The molecule has 0 atom stereocenters. The fourth-order valence-electron chi connectivity index (χ4n) is 5.02. The van der Waals surface area contributed by atoms with Crippen molar-refractivity contribution in [3.8, 4) is 11.5 Å². The first kappa shape index (κ1) is 25.0. The van der Waals surface area contributed by atoms with Crippen molar-refractivity contribution in [2.75, 3.05) is 33.4 Å². The number of Topliss-reactive ketones (excluding diaryl/α,β-unsaturated/α-hetero) is 1. The molecule has 2 aliphatic rings. The van der Waals surface area contributed by atoms with Gasteiger partial charge >= 0.3 is 0 Å². The first-order valence-electron chi connectivity index (χ1n) is 12.2. The van der Waals surface area contributed by atoms with Crippen molar-refractivity contribution in [2.45, 2.75) is 25.7 Å². The lowest BCUT2D eigenvalue weighted by atomic mass is 9.79. The first-order chi connectivity index (χ1) is 16.7. The Morgan fingerprint density at radius 2 is 1.54 bits per heavy atom. The van der Waals surface area contributed by atoms with Crippen molar-refractivity contribution in [1.82, 2.24) is 4.90 Å². The normalized spacial score (nSPS) is 15.3. The average molecular weight is 490 g/mol. The molecule has 4 nitrogen and oxygen atoms in total. The van der Waals surface area contributed by atoms with Gasteiger partial charge in [-0.05, 0) is 97.4 Å². The van der Waals surface area contributed by atoms with Crippen LogP contribution in [-0.2, 0) is 6.42 Å². The minimum Gasteiger partial charge on any atom is -0.497 e. The highest BCUT2D eigenvalue weighted by atomic mass is 35.5. The lowest BCUT2D eigenvalue weighted by molar-refractivity contribution is 0.105. The molecule has 0 amide bonds. The number of likely N-dealkylation sites (tertiary alicyclic amines) is 1. The number of ketones is 1. The van der Waals surface area contributed by atoms with E-state index in [0.717, 1.165) is 53.2 Å². The fraction of sp³-hybridized carbons (Fsp3) is 0.300. The van der Waals surface area contributed by atoms with Crippen LogP contribution in [0.5, 0.6) is 11.5 Å². The smallest absolute Gasteiger partial charge is 0.193 e. The molecule has 182 valence electrons. The minimum absolute atomic E-state index is 0. The SMILES string of the molecule is COc1ccc(C2=C(C(=O)c3ccc(OCCN4CCCC4)cc3)c3ccccc3CC2)cc1.Cl. The second-order valence-electron chi connectivity index (χ2n) is 8.99. The van der Waals surface area contributed by atoms with Crippen LogP contribution < -0.4 is 9.47 Å². The first-order valence-corrected chi connectivity index (χ1v) is 12.2. The molecule has 5 rings (SSSR count). The number of hydrogen-bond acceptors (Lipinski definition) is 4. The van der Waals surface area contributed by atoms with E-state index in [-0.39, 0.29) is 18.2 Å². The topological polar surface area (TPSA) is 38.8 Å². The van der Waals surface area contributed by atoms with Crippen LogP contribution in [0.2, 0.25) is 0 Å². The largest absolute Gasteiger partial charge is 0.497 e.